The highest BCUT2D eigenvalue weighted by Crippen LogP contribution is 2.31. The summed E-state index contributed by atoms with van der Waals surface area (Å²) in [4.78, 5) is 2.47. The fourth-order valence-electron chi connectivity index (χ4n) is 2.91. The Kier molecular flexibility index (Phi) is 5.03. The van der Waals surface area contributed by atoms with Crippen molar-refractivity contribution < 1.29 is 12.8 Å². The molecule has 0 bridgehead atoms. The Balaban J connectivity index is 2.39. The van der Waals surface area contributed by atoms with Crippen LogP contribution in [0.3, 0.4) is 0 Å². The van der Waals surface area contributed by atoms with Crippen LogP contribution in [0.15, 0.2) is 9.31 Å². The molecule has 2 heterocycles. The van der Waals surface area contributed by atoms with Crippen LogP contribution in [-0.4, -0.2) is 50.3 Å². The van der Waals surface area contributed by atoms with Gasteiger partial charge in [0.1, 0.15) is 16.4 Å². The number of hydrogen-bond donors (Lipinski definition) is 0. The van der Waals surface area contributed by atoms with E-state index in [1.807, 2.05) is 7.05 Å². The van der Waals surface area contributed by atoms with E-state index in [9.17, 15) is 8.42 Å². The molecule has 0 radical (unpaired) electrons. The molecule has 5 nitrogen and oxygen atoms in total. The number of alkyl halides is 1. The van der Waals surface area contributed by atoms with Crippen molar-refractivity contribution in [3.63, 3.8) is 0 Å². The van der Waals surface area contributed by atoms with Gasteiger partial charge in [-0.1, -0.05) is 6.92 Å². The number of nitrogens with zero attached hydrogens (tertiary/aromatic N) is 2. The zero-order valence-electron chi connectivity index (χ0n) is 13.0. The van der Waals surface area contributed by atoms with Crippen LogP contribution >= 0.6 is 11.6 Å². The summed E-state index contributed by atoms with van der Waals surface area (Å²) >= 11 is 5.92. The van der Waals surface area contributed by atoms with E-state index >= 15 is 0 Å². The van der Waals surface area contributed by atoms with Crippen molar-refractivity contribution in [2.24, 2.45) is 0 Å². The average Bonchev–Trinajstić information content (AvgIpc) is 2.73. The molecule has 1 aliphatic heterocycles. The molecule has 0 N–H and O–H groups in total. The van der Waals surface area contributed by atoms with E-state index in [4.69, 9.17) is 16.0 Å². The Morgan fingerprint density at radius 1 is 1.29 bits per heavy atom. The van der Waals surface area contributed by atoms with Gasteiger partial charge in [-0.05, 0) is 27.3 Å². The van der Waals surface area contributed by atoms with Crippen molar-refractivity contribution in [3.8, 4) is 0 Å². The number of piperazine rings is 1. The van der Waals surface area contributed by atoms with E-state index in [-0.39, 0.29) is 16.8 Å². The summed E-state index contributed by atoms with van der Waals surface area (Å²) < 4.78 is 33.0. The topological polar surface area (TPSA) is 53.8 Å². The zero-order valence-corrected chi connectivity index (χ0v) is 14.6. The van der Waals surface area contributed by atoms with Gasteiger partial charge in [-0.25, -0.2) is 8.42 Å². The number of furan rings is 1. The molecule has 0 aromatic carbocycles. The summed E-state index contributed by atoms with van der Waals surface area (Å²) in [6, 6.07) is 0.251. The van der Waals surface area contributed by atoms with E-state index in [0.29, 0.717) is 30.2 Å². The van der Waals surface area contributed by atoms with Crippen LogP contribution in [0, 0.1) is 13.8 Å². The zero-order chi connectivity index (χ0) is 15.8. The maximum Gasteiger partial charge on any atom is 0.246 e. The molecule has 2 rings (SSSR count). The van der Waals surface area contributed by atoms with Crippen LogP contribution < -0.4 is 0 Å². The highest BCUT2D eigenvalue weighted by atomic mass is 35.5. The highest BCUT2D eigenvalue weighted by molar-refractivity contribution is 7.89. The molecule has 0 spiro atoms. The average molecular weight is 335 g/mol. The van der Waals surface area contributed by atoms with Gasteiger partial charge in [0.25, 0.3) is 0 Å². The second-order valence-electron chi connectivity index (χ2n) is 5.56. The van der Waals surface area contributed by atoms with Gasteiger partial charge in [-0.2, -0.15) is 4.31 Å². The molecule has 0 saturated carbocycles. The van der Waals surface area contributed by atoms with Gasteiger partial charge < -0.3 is 9.32 Å². The molecular formula is C14H23ClN2O3S. The van der Waals surface area contributed by atoms with Crippen molar-refractivity contribution in [3.05, 3.63) is 17.1 Å². The van der Waals surface area contributed by atoms with Gasteiger partial charge in [0.05, 0.1) is 5.88 Å². The minimum absolute atomic E-state index is 0.142. The summed E-state index contributed by atoms with van der Waals surface area (Å²) in [5.41, 5.74) is 0.584. The smallest absolute Gasteiger partial charge is 0.246 e. The Hall–Kier alpha value is -0.560. The lowest BCUT2D eigenvalue weighted by Crippen LogP contribution is -2.52. The van der Waals surface area contributed by atoms with Crippen molar-refractivity contribution >= 4 is 21.6 Å². The molecule has 1 aromatic heterocycles. The number of sulfonamides is 1. The van der Waals surface area contributed by atoms with E-state index < -0.39 is 10.0 Å². The van der Waals surface area contributed by atoms with Gasteiger partial charge in [-0.3, -0.25) is 0 Å². The Morgan fingerprint density at radius 3 is 2.52 bits per heavy atom. The molecule has 0 aliphatic carbocycles. The maximum atomic E-state index is 13.0. The Bertz CT molecular complexity index is 612. The van der Waals surface area contributed by atoms with E-state index in [1.165, 1.54) is 0 Å². The molecule has 1 aliphatic rings. The lowest BCUT2D eigenvalue weighted by Gasteiger charge is -2.38. The van der Waals surface area contributed by atoms with Crippen molar-refractivity contribution in [2.45, 2.75) is 44.0 Å². The Morgan fingerprint density at radius 2 is 1.95 bits per heavy atom. The fraction of sp³-hybridized carbons (Fsp3) is 0.714. The molecule has 1 atom stereocenters. The van der Waals surface area contributed by atoms with Crippen LogP contribution in [0.4, 0.5) is 0 Å². The van der Waals surface area contributed by atoms with Gasteiger partial charge in [0.2, 0.25) is 10.0 Å². The molecule has 7 heteroatoms. The number of rotatable bonds is 4. The number of aryl methyl sites for hydroxylation is 2. The molecule has 0 amide bonds. The predicted octanol–water partition coefficient (Wildman–Crippen LogP) is 2.35. The van der Waals surface area contributed by atoms with Crippen molar-refractivity contribution in [1.82, 2.24) is 9.21 Å². The molecule has 1 aromatic rings. The van der Waals surface area contributed by atoms with Crippen molar-refractivity contribution in [1.29, 1.82) is 0 Å². The first-order chi connectivity index (χ1) is 9.82. The van der Waals surface area contributed by atoms with Gasteiger partial charge in [0.15, 0.2) is 0 Å². The standard InChI is InChI=1S/C14H23ClN2O3S/c1-5-12-9-17(7-6-16(12)4)21(18,19)14-11(3)20-10(2)13(14)8-15/h12H,5-9H2,1-4H3. The lowest BCUT2D eigenvalue weighted by atomic mass is 10.1. The minimum atomic E-state index is -3.55. The van der Waals surface area contributed by atoms with E-state index in [1.54, 1.807) is 18.2 Å². The molecule has 120 valence electrons. The van der Waals surface area contributed by atoms with Crippen LogP contribution in [0.25, 0.3) is 0 Å². The van der Waals surface area contributed by atoms with Gasteiger partial charge in [-0.15, -0.1) is 11.6 Å². The summed E-state index contributed by atoms with van der Waals surface area (Å²) in [6.45, 7) is 7.27. The molecule has 1 unspecified atom stereocenters. The van der Waals surface area contributed by atoms with Crippen LogP contribution in [0.5, 0.6) is 0 Å². The van der Waals surface area contributed by atoms with E-state index in [0.717, 1.165) is 13.0 Å². The van der Waals surface area contributed by atoms with Crippen LogP contribution in [-0.2, 0) is 15.9 Å². The van der Waals surface area contributed by atoms with Gasteiger partial charge >= 0.3 is 0 Å². The lowest BCUT2D eigenvalue weighted by molar-refractivity contribution is 0.144. The maximum absolute atomic E-state index is 13.0. The number of hydrogen-bond acceptors (Lipinski definition) is 4. The monoisotopic (exact) mass is 334 g/mol. The van der Waals surface area contributed by atoms with Crippen LogP contribution in [0.2, 0.25) is 0 Å². The largest absolute Gasteiger partial charge is 0.465 e. The first-order valence-corrected chi connectivity index (χ1v) is 9.15. The first kappa shape index (κ1) is 16.8. The third-order valence-corrected chi connectivity index (χ3v) is 6.60. The second-order valence-corrected chi connectivity index (χ2v) is 7.70. The highest BCUT2D eigenvalue weighted by Gasteiger charge is 2.36. The third-order valence-electron chi connectivity index (χ3n) is 4.27. The molecule has 1 fully saturated rings. The van der Waals surface area contributed by atoms with E-state index in [2.05, 4.69) is 11.8 Å². The SMILES string of the molecule is CCC1CN(S(=O)(=O)c2c(C)oc(C)c2CCl)CCN1C. The molecule has 1 saturated heterocycles. The fourth-order valence-corrected chi connectivity index (χ4v) is 5.19. The predicted molar refractivity (Wildman–Crippen MR) is 83.2 cm³/mol. The second kappa shape index (κ2) is 6.28. The Labute approximate surface area is 131 Å². The number of likely N-dealkylation sites (N-methyl/N-ethyl adjacent to an activating group) is 1. The summed E-state index contributed by atoms with van der Waals surface area (Å²) in [5.74, 6) is 1.15. The first-order valence-electron chi connectivity index (χ1n) is 7.18. The third kappa shape index (κ3) is 2.99. The number of halogens is 1. The van der Waals surface area contributed by atoms with Crippen LogP contribution in [0.1, 0.15) is 30.4 Å². The van der Waals surface area contributed by atoms with Crippen molar-refractivity contribution in [2.75, 3.05) is 26.7 Å². The van der Waals surface area contributed by atoms with Gasteiger partial charge in [0, 0.05) is 31.2 Å². The molecular weight excluding hydrogens is 312 g/mol. The quantitative estimate of drug-likeness (QED) is 0.793. The molecule has 21 heavy (non-hydrogen) atoms. The summed E-state index contributed by atoms with van der Waals surface area (Å²) in [7, 11) is -1.52. The normalized spacial score (nSPS) is 21.9. The summed E-state index contributed by atoms with van der Waals surface area (Å²) in [6.07, 6.45) is 0.925. The summed E-state index contributed by atoms with van der Waals surface area (Å²) in [5, 5.41) is 0. The minimum Gasteiger partial charge on any atom is -0.465 e.